The van der Waals surface area contributed by atoms with E-state index in [4.69, 9.17) is 4.74 Å². The molecule has 1 fully saturated rings. The van der Waals surface area contributed by atoms with Gasteiger partial charge in [0.25, 0.3) is 5.69 Å². The molecule has 2 aromatic rings. The van der Waals surface area contributed by atoms with E-state index in [1.165, 1.54) is 28.6 Å². The zero-order valence-corrected chi connectivity index (χ0v) is 14.2. The number of rotatable bonds is 5. The van der Waals surface area contributed by atoms with Gasteiger partial charge in [-0.2, -0.15) is 9.40 Å². The molecule has 0 radical (unpaired) electrons. The Morgan fingerprint density at radius 2 is 2.00 bits per heavy atom. The van der Waals surface area contributed by atoms with Crippen molar-refractivity contribution in [1.29, 1.82) is 0 Å². The summed E-state index contributed by atoms with van der Waals surface area (Å²) in [6.45, 7) is 2.12. The topological polar surface area (TPSA) is 116 Å². The first-order chi connectivity index (χ1) is 11.9. The lowest BCUT2D eigenvalue weighted by Crippen LogP contribution is -2.31. The van der Waals surface area contributed by atoms with Gasteiger partial charge in [-0.3, -0.25) is 10.1 Å². The molecule has 1 saturated heterocycles. The predicted octanol–water partition coefficient (Wildman–Crippen LogP) is 1.54. The standard InChI is InChI=1S/C15H16N4O5S/c1-11-6-7-15(17-16-11)24-12-8-9-18(10-12)25(22,23)14-5-3-2-4-13(14)19(20)21/h2-7,12H,8-10H2,1H3. The van der Waals surface area contributed by atoms with E-state index < -0.39 is 20.6 Å². The molecule has 0 amide bonds. The Kier molecular flexibility index (Phi) is 4.64. The molecule has 3 rings (SSSR count). The van der Waals surface area contributed by atoms with Gasteiger partial charge in [0.05, 0.1) is 17.2 Å². The second-order valence-electron chi connectivity index (χ2n) is 5.63. The first-order valence-corrected chi connectivity index (χ1v) is 9.02. The van der Waals surface area contributed by atoms with E-state index in [1.54, 1.807) is 19.1 Å². The Balaban J connectivity index is 1.77. The van der Waals surface area contributed by atoms with Gasteiger partial charge in [-0.1, -0.05) is 12.1 Å². The van der Waals surface area contributed by atoms with Crippen molar-refractivity contribution in [2.24, 2.45) is 0 Å². The van der Waals surface area contributed by atoms with Crippen molar-refractivity contribution >= 4 is 15.7 Å². The fourth-order valence-electron chi connectivity index (χ4n) is 2.60. The molecule has 0 aliphatic carbocycles. The van der Waals surface area contributed by atoms with E-state index in [0.717, 1.165) is 5.69 Å². The van der Waals surface area contributed by atoms with Crippen molar-refractivity contribution in [3.8, 4) is 5.88 Å². The molecule has 25 heavy (non-hydrogen) atoms. The molecule has 0 spiro atoms. The van der Waals surface area contributed by atoms with Gasteiger partial charge in [0.15, 0.2) is 4.90 Å². The highest BCUT2D eigenvalue weighted by Gasteiger charge is 2.37. The first-order valence-electron chi connectivity index (χ1n) is 7.58. The summed E-state index contributed by atoms with van der Waals surface area (Å²) in [4.78, 5) is 10.1. The van der Waals surface area contributed by atoms with Crippen molar-refractivity contribution in [1.82, 2.24) is 14.5 Å². The van der Waals surface area contributed by atoms with E-state index >= 15 is 0 Å². The van der Waals surface area contributed by atoms with Crippen molar-refractivity contribution in [2.45, 2.75) is 24.3 Å². The third kappa shape index (κ3) is 3.59. The van der Waals surface area contributed by atoms with E-state index in [2.05, 4.69) is 10.2 Å². The van der Waals surface area contributed by atoms with Gasteiger partial charge in [-0.05, 0) is 25.5 Å². The van der Waals surface area contributed by atoms with Crippen LogP contribution in [0.3, 0.4) is 0 Å². The zero-order valence-electron chi connectivity index (χ0n) is 13.4. The lowest BCUT2D eigenvalue weighted by atomic mass is 10.3. The van der Waals surface area contributed by atoms with Gasteiger partial charge >= 0.3 is 0 Å². The van der Waals surface area contributed by atoms with Crippen molar-refractivity contribution in [2.75, 3.05) is 13.1 Å². The van der Waals surface area contributed by atoms with Crippen LogP contribution in [0.5, 0.6) is 5.88 Å². The second-order valence-corrected chi connectivity index (χ2v) is 7.54. The van der Waals surface area contributed by atoms with Crippen LogP contribution in [-0.2, 0) is 10.0 Å². The SMILES string of the molecule is Cc1ccc(OC2CCN(S(=O)(=O)c3ccccc3[N+](=O)[O-])C2)nn1. The molecule has 0 bridgehead atoms. The smallest absolute Gasteiger partial charge is 0.289 e. The first kappa shape index (κ1) is 17.2. The lowest BCUT2D eigenvalue weighted by Gasteiger charge is -2.17. The number of hydrogen-bond acceptors (Lipinski definition) is 7. The van der Waals surface area contributed by atoms with E-state index in [0.29, 0.717) is 12.3 Å². The normalized spacial score (nSPS) is 18.2. The van der Waals surface area contributed by atoms with Crippen LogP contribution in [0, 0.1) is 17.0 Å². The number of aryl methyl sites for hydroxylation is 1. The fourth-order valence-corrected chi connectivity index (χ4v) is 4.24. The molecule has 10 heteroatoms. The van der Waals surface area contributed by atoms with Gasteiger partial charge < -0.3 is 4.74 Å². The van der Waals surface area contributed by atoms with Gasteiger partial charge in [-0.15, -0.1) is 5.10 Å². The summed E-state index contributed by atoms with van der Waals surface area (Å²) in [5.41, 5.74) is 0.315. The minimum atomic E-state index is -3.97. The molecule has 1 atom stereocenters. The van der Waals surface area contributed by atoms with Crippen LogP contribution in [0.25, 0.3) is 0 Å². The molecule has 1 aromatic carbocycles. The second kappa shape index (κ2) is 6.73. The summed E-state index contributed by atoms with van der Waals surface area (Å²) >= 11 is 0. The molecule has 1 aliphatic rings. The number of para-hydroxylation sites is 1. The third-order valence-corrected chi connectivity index (χ3v) is 5.76. The van der Waals surface area contributed by atoms with Crippen molar-refractivity contribution in [3.63, 3.8) is 0 Å². The quantitative estimate of drug-likeness (QED) is 0.583. The summed E-state index contributed by atoms with van der Waals surface area (Å²) in [6.07, 6.45) is 0.0876. The maximum Gasteiger partial charge on any atom is 0.289 e. The maximum absolute atomic E-state index is 12.7. The van der Waals surface area contributed by atoms with Crippen molar-refractivity contribution in [3.05, 3.63) is 52.2 Å². The lowest BCUT2D eigenvalue weighted by molar-refractivity contribution is -0.387. The number of sulfonamides is 1. The molecule has 0 saturated carbocycles. The third-order valence-electron chi connectivity index (χ3n) is 3.85. The number of benzene rings is 1. The van der Waals surface area contributed by atoms with Crippen LogP contribution in [0.2, 0.25) is 0 Å². The number of nitrogens with zero attached hydrogens (tertiary/aromatic N) is 4. The Hall–Kier alpha value is -2.59. The minimum Gasteiger partial charge on any atom is -0.472 e. The average molecular weight is 364 g/mol. The Bertz CT molecular complexity index is 885. The summed E-state index contributed by atoms with van der Waals surface area (Å²) < 4.78 is 32.3. The number of hydrogen-bond donors (Lipinski definition) is 0. The maximum atomic E-state index is 12.7. The Morgan fingerprint density at radius 3 is 2.68 bits per heavy atom. The molecule has 1 unspecified atom stereocenters. The number of nitro groups is 1. The zero-order chi connectivity index (χ0) is 18.0. The van der Waals surface area contributed by atoms with Crippen LogP contribution in [-0.4, -0.2) is 47.0 Å². The van der Waals surface area contributed by atoms with Gasteiger partial charge in [-0.25, -0.2) is 8.42 Å². The fraction of sp³-hybridized carbons (Fsp3) is 0.333. The minimum absolute atomic E-state index is 0.101. The van der Waals surface area contributed by atoms with Gasteiger partial charge in [0, 0.05) is 18.7 Å². The molecule has 1 aromatic heterocycles. The highest BCUT2D eigenvalue weighted by atomic mass is 32.2. The van der Waals surface area contributed by atoms with Gasteiger partial charge in [0.2, 0.25) is 15.9 Å². The Labute approximate surface area is 144 Å². The molecule has 1 aliphatic heterocycles. The number of nitro benzene ring substituents is 1. The van der Waals surface area contributed by atoms with Crippen LogP contribution in [0.15, 0.2) is 41.3 Å². The molecule has 2 heterocycles. The largest absolute Gasteiger partial charge is 0.472 e. The van der Waals surface area contributed by atoms with Crippen LogP contribution in [0.1, 0.15) is 12.1 Å². The van der Waals surface area contributed by atoms with Gasteiger partial charge in [0.1, 0.15) is 6.10 Å². The highest BCUT2D eigenvalue weighted by Crippen LogP contribution is 2.29. The van der Waals surface area contributed by atoms with Crippen molar-refractivity contribution < 1.29 is 18.1 Å². The van der Waals surface area contributed by atoms with Crippen LogP contribution in [0.4, 0.5) is 5.69 Å². The van der Waals surface area contributed by atoms with E-state index in [1.807, 2.05) is 0 Å². The summed E-state index contributed by atoms with van der Waals surface area (Å²) in [7, 11) is -3.97. The average Bonchev–Trinajstić information content (AvgIpc) is 3.06. The molecule has 132 valence electrons. The summed E-state index contributed by atoms with van der Waals surface area (Å²) in [5, 5.41) is 18.9. The van der Waals surface area contributed by atoms with Crippen LogP contribution < -0.4 is 4.74 Å². The monoisotopic (exact) mass is 364 g/mol. The molecular weight excluding hydrogens is 348 g/mol. The van der Waals surface area contributed by atoms with E-state index in [9.17, 15) is 18.5 Å². The van der Waals surface area contributed by atoms with Crippen LogP contribution >= 0.6 is 0 Å². The molecular formula is C15H16N4O5S. The molecule has 9 nitrogen and oxygen atoms in total. The van der Waals surface area contributed by atoms with E-state index in [-0.39, 0.29) is 24.1 Å². The summed E-state index contributed by atoms with van der Waals surface area (Å²) in [5.74, 6) is 0.320. The summed E-state index contributed by atoms with van der Waals surface area (Å²) in [6, 6.07) is 8.74. The highest BCUT2D eigenvalue weighted by molar-refractivity contribution is 7.89. The molecule has 0 N–H and O–H groups in total. The number of ether oxygens (including phenoxy) is 1. The number of aromatic nitrogens is 2. The predicted molar refractivity (Wildman–Crippen MR) is 87.7 cm³/mol. The Morgan fingerprint density at radius 1 is 1.24 bits per heavy atom.